The average Bonchev–Trinajstić information content (AvgIpc) is 2.76. The van der Waals surface area contributed by atoms with Crippen LogP contribution in [-0.4, -0.2) is 47.5 Å². The number of benzene rings is 2. The van der Waals surface area contributed by atoms with Crippen molar-refractivity contribution in [1.82, 2.24) is 4.72 Å². The molecule has 2 aromatic rings. The van der Waals surface area contributed by atoms with Crippen molar-refractivity contribution in [3.8, 4) is 11.5 Å². The van der Waals surface area contributed by atoms with Crippen LogP contribution in [0.5, 0.6) is 11.5 Å². The predicted molar refractivity (Wildman–Crippen MR) is 111 cm³/mol. The van der Waals surface area contributed by atoms with Gasteiger partial charge in [-0.1, -0.05) is 6.07 Å². The molecule has 8 nitrogen and oxygen atoms in total. The number of rotatable bonds is 9. The number of hydrogen-bond donors (Lipinski definition) is 1. The molecule has 1 atom stereocenters. The summed E-state index contributed by atoms with van der Waals surface area (Å²) in [5, 5.41) is 0. The first-order valence-corrected chi connectivity index (χ1v) is 10.4. The molecule has 0 amide bonds. The summed E-state index contributed by atoms with van der Waals surface area (Å²) in [5.74, 6) is -0.314. The smallest absolute Gasteiger partial charge is 0.331 e. The van der Waals surface area contributed by atoms with Gasteiger partial charge in [0, 0.05) is 11.6 Å². The lowest BCUT2D eigenvalue weighted by Crippen LogP contribution is -2.23. The Morgan fingerprint density at radius 2 is 1.70 bits per heavy atom. The molecule has 0 aliphatic rings. The van der Waals surface area contributed by atoms with Gasteiger partial charge in [0.1, 0.15) is 16.4 Å². The second kappa shape index (κ2) is 10.0. The summed E-state index contributed by atoms with van der Waals surface area (Å²) in [6, 6.07) is 10.9. The number of carbonyl (C=O) groups is 2. The summed E-state index contributed by atoms with van der Waals surface area (Å²) in [5.41, 5.74) is 0.827. The fourth-order valence-corrected chi connectivity index (χ4v) is 3.47. The summed E-state index contributed by atoms with van der Waals surface area (Å²) in [7, 11) is 0.422. The Morgan fingerprint density at radius 3 is 2.27 bits per heavy atom. The molecule has 160 valence electrons. The van der Waals surface area contributed by atoms with Crippen LogP contribution in [-0.2, 0) is 19.6 Å². The molecule has 0 saturated carbocycles. The molecule has 0 aromatic heterocycles. The maximum Gasteiger partial charge on any atom is 0.331 e. The van der Waals surface area contributed by atoms with E-state index in [1.807, 2.05) is 0 Å². The zero-order valence-electron chi connectivity index (χ0n) is 17.0. The van der Waals surface area contributed by atoms with E-state index in [0.29, 0.717) is 16.9 Å². The van der Waals surface area contributed by atoms with E-state index in [2.05, 4.69) is 4.72 Å². The molecular weight excluding hydrogens is 410 g/mol. The number of Topliss-reactive ketones (excluding diaryl/α,β-unsaturated/α-hetero) is 1. The third-order valence-corrected chi connectivity index (χ3v) is 5.63. The average molecular weight is 433 g/mol. The maximum atomic E-state index is 12.4. The maximum absolute atomic E-state index is 12.4. The van der Waals surface area contributed by atoms with Gasteiger partial charge in [0.05, 0.1) is 14.2 Å². The minimum Gasteiger partial charge on any atom is -0.497 e. The van der Waals surface area contributed by atoms with Crippen LogP contribution in [0.25, 0.3) is 6.08 Å². The van der Waals surface area contributed by atoms with Gasteiger partial charge in [0.15, 0.2) is 6.10 Å². The van der Waals surface area contributed by atoms with E-state index in [4.69, 9.17) is 14.2 Å². The van der Waals surface area contributed by atoms with Crippen molar-refractivity contribution < 1.29 is 32.2 Å². The van der Waals surface area contributed by atoms with Crippen molar-refractivity contribution in [2.24, 2.45) is 0 Å². The Hall–Kier alpha value is -3.17. The number of ketones is 1. The van der Waals surface area contributed by atoms with E-state index >= 15 is 0 Å². The second-order valence-electron chi connectivity index (χ2n) is 6.12. The zero-order valence-corrected chi connectivity index (χ0v) is 17.9. The number of nitrogens with one attached hydrogen (secondary N) is 1. The quantitative estimate of drug-likeness (QED) is 0.368. The van der Waals surface area contributed by atoms with Crippen LogP contribution < -0.4 is 14.2 Å². The first kappa shape index (κ1) is 23.1. The molecule has 0 radical (unpaired) electrons. The van der Waals surface area contributed by atoms with Gasteiger partial charge in [0.25, 0.3) is 0 Å². The van der Waals surface area contributed by atoms with E-state index in [0.717, 1.165) is 6.08 Å². The topological polar surface area (TPSA) is 108 Å². The highest BCUT2D eigenvalue weighted by molar-refractivity contribution is 7.89. The van der Waals surface area contributed by atoms with E-state index in [1.165, 1.54) is 46.4 Å². The van der Waals surface area contributed by atoms with Crippen molar-refractivity contribution in [2.75, 3.05) is 21.3 Å². The minimum absolute atomic E-state index is 0.0638. The van der Waals surface area contributed by atoms with Crippen molar-refractivity contribution in [3.05, 3.63) is 59.7 Å². The lowest BCUT2D eigenvalue weighted by molar-refractivity contribution is -0.140. The molecule has 0 spiro atoms. The molecular formula is C21H23NO7S. The molecule has 0 bridgehead atoms. The molecule has 2 rings (SSSR count). The number of sulfonamides is 1. The highest BCUT2D eigenvalue weighted by atomic mass is 32.2. The molecule has 0 fully saturated rings. The van der Waals surface area contributed by atoms with Crippen LogP contribution >= 0.6 is 0 Å². The van der Waals surface area contributed by atoms with Crippen LogP contribution in [0, 0.1) is 0 Å². The molecule has 0 heterocycles. The van der Waals surface area contributed by atoms with Crippen molar-refractivity contribution in [1.29, 1.82) is 0 Å². The van der Waals surface area contributed by atoms with E-state index in [9.17, 15) is 18.0 Å². The van der Waals surface area contributed by atoms with Crippen LogP contribution in [0.1, 0.15) is 22.8 Å². The van der Waals surface area contributed by atoms with Gasteiger partial charge in [-0.25, -0.2) is 17.9 Å². The molecule has 0 saturated heterocycles. The normalized spacial score (nSPS) is 12.4. The number of methoxy groups -OCH3 is 2. The number of esters is 1. The van der Waals surface area contributed by atoms with Crippen LogP contribution in [0.4, 0.5) is 0 Å². The summed E-state index contributed by atoms with van der Waals surface area (Å²) < 4.78 is 41.7. The summed E-state index contributed by atoms with van der Waals surface area (Å²) in [4.78, 5) is 24.4. The predicted octanol–water partition coefficient (Wildman–Crippen LogP) is 2.44. The molecule has 9 heteroatoms. The summed E-state index contributed by atoms with van der Waals surface area (Å²) in [6.45, 7) is 1.48. The highest BCUT2D eigenvalue weighted by Gasteiger charge is 2.19. The number of hydrogen-bond acceptors (Lipinski definition) is 7. The van der Waals surface area contributed by atoms with Crippen molar-refractivity contribution in [3.63, 3.8) is 0 Å². The third kappa shape index (κ3) is 5.68. The van der Waals surface area contributed by atoms with Gasteiger partial charge in [-0.2, -0.15) is 0 Å². The monoisotopic (exact) mass is 433 g/mol. The van der Waals surface area contributed by atoms with Gasteiger partial charge >= 0.3 is 5.97 Å². The first-order valence-electron chi connectivity index (χ1n) is 8.90. The minimum atomic E-state index is -3.75. The Kier molecular flexibility index (Phi) is 7.73. The lowest BCUT2D eigenvalue weighted by atomic mass is 10.1. The van der Waals surface area contributed by atoms with Crippen LogP contribution in [0.15, 0.2) is 53.4 Å². The van der Waals surface area contributed by atoms with Crippen molar-refractivity contribution >= 4 is 27.9 Å². The molecule has 30 heavy (non-hydrogen) atoms. The number of carbonyl (C=O) groups excluding carboxylic acids is 2. The van der Waals surface area contributed by atoms with Crippen LogP contribution in [0.2, 0.25) is 0 Å². The van der Waals surface area contributed by atoms with Gasteiger partial charge in [0.2, 0.25) is 15.8 Å². The Balaban J connectivity index is 2.10. The van der Waals surface area contributed by atoms with Gasteiger partial charge in [-0.3, -0.25) is 4.79 Å². The van der Waals surface area contributed by atoms with Gasteiger partial charge < -0.3 is 14.2 Å². The van der Waals surface area contributed by atoms with Crippen LogP contribution in [0.3, 0.4) is 0 Å². The summed E-state index contributed by atoms with van der Waals surface area (Å²) >= 11 is 0. The zero-order chi connectivity index (χ0) is 22.3. The van der Waals surface area contributed by atoms with Gasteiger partial charge in [-0.15, -0.1) is 0 Å². The highest BCUT2D eigenvalue weighted by Crippen LogP contribution is 2.25. The Bertz CT molecular complexity index is 1040. The Morgan fingerprint density at radius 1 is 1.03 bits per heavy atom. The SMILES string of the molecule is CNS(=O)(=O)c1cc(C=CC(=O)OC(C)C(=O)c2ccc(OC)cc2)ccc1OC. The standard InChI is InChI=1S/C21H23NO7S/c1-14(21(24)16-7-9-17(27-3)10-8-16)29-20(23)12-6-15-5-11-18(28-4)19(13-15)30(25,26)22-2/h5-14,22H,1-4H3. The number of ether oxygens (including phenoxy) is 3. The van der Waals surface area contributed by atoms with E-state index < -0.39 is 22.1 Å². The first-order chi connectivity index (χ1) is 14.2. The summed E-state index contributed by atoms with van der Waals surface area (Å²) in [6.07, 6.45) is 1.52. The third-order valence-electron chi connectivity index (χ3n) is 4.19. The fourth-order valence-electron chi connectivity index (χ4n) is 2.54. The second-order valence-corrected chi connectivity index (χ2v) is 7.98. The lowest BCUT2D eigenvalue weighted by Gasteiger charge is -2.11. The molecule has 1 N–H and O–H groups in total. The Labute approximate surface area is 175 Å². The van der Waals surface area contributed by atoms with Gasteiger partial charge in [-0.05, 0) is 62.0 Å². The molecule has 0 aliphatic heterocycles. The largest absolute Gasteiger partial charge is 0.497 e. The molecule has 2 aromatic carbocycles. The fraction of sp³-hybridized carbons (Fsp3) is 0.238. The van der Waals surface area contributed by atoms with Crippen molar-refractivity contribution in [2.45, 2.75) is 17.9 Å². The van der Waals surface area contributed by atoms with E-state index in [-0.39, 0.29) is 16.4 Å². The van der Waals surface area contributed by atoms with E-state index in [1.54, 1.807) is 30.3 Å². The molecule has 0 aliphatic carbocycles. The molecule has 1 unspecified atom stereocenters.